The van der Waals surface area contributed by atoms with Crippen molar-refractivity contribution < 1.29 is 14.2 Å². The molecule has 0 radical (unpaired) electrons. The van der Waals surface area contributed by atoms with Gasteiger partial charge in [-0.15, -0.1) is 0 Å². The Bertz CT molecular complexity index is 1170. The Morgan fingerprint density at radius 3 is 2.91 bits per heavy atom. The number of hydrogen-bond donors (Lipinski definition) is 3. The number of anilines is 1. The molecule has 0 saturated carbocycles. The standard InChI is InChI=1S/C22H26FN7O2/c1-22(2,31)20-17(32-3)8-18-26-12-16(30(18)29-20)19-15(23)7-14(9-24)21(28-19)27-11-13-5-4-6-25-10-13/h7-8,12-13,25,31H,4-6,10-11H2,1-3H3,(H,27,28)/t13-/m1/s1. The summed E-state index contributed by atoms with van der Waals surface area (Å²) < 4.78 is 21.7. The van der Waals surface area contributed by atoms with Gasteiger partial charge in [-0.3, -0.25) is 0 Å². The topological polar surface area (TPSA) is 120 Å². The quantitative estimate of drug-likeness (QED) is 0.536. The molecule has 0 aromatic carbocycles. The molecule has 32 heavy (non-hydrogen) atoms. The smallest absolute Gasteiger partial charge is 0.157 e. The van der Waals surface area contributed by atoms with Gasteiger partial charge in [-0.25, -0.2) is 18.9 Å². The van der Waals surface area contributed by atoms with Crippen molar-refractivity contribution in [3.63, 3.8) is 0 Å². The molecule has 1 atom stereocenters. The summed E-state index contributed by atoms with van der Waals surface area (Å²) >= 11 is 0. The highest BCUT2D eigenvalue weighted by atomic mass is 19.1. The van der Waals surface area contributed by atoms with Crippen LogP contribution in [0.1, 0.15) is 37.9 Å². The molecule has 0 bridgehead atoms. The maximum absolute atomic E-state index is 15.0. The average molecular weight is 439 g/mol. The lowest BCUT2D eigenvalue weighted by Gasteiger charge is -2.23. The van der Waals surface area contributed by atoms with Gasteiger partial charge in [-0.1, -0.05) is 0 Å². The summed E-state index contributed by atoms with van der Waals surface area (Å²) in [6, 6.07) is 4.81. The molecule has 1 aliphatic heterocycles. The van der Waals surface area contributed by atoms with Gasteiger partial charge in [0.25, 0.3) is 0 Å². The van der Waals surface area contributed by atoms with Gasteiger partial charge < -0.3 is 20.5 Å². The lowest BCUT2D eigenvalue weighted by molar-refractivity contribution is 0.0694. The van der Waals surface area contributed by atoms with Crippen LogP contribution in [0.2, 0.25) is 0 Å². The minimum Gasteiger partial charge on any atom is -0.495 e. The van der Waals surface area contributed by atoms with Crippen molar-refractivity contribution >= 4 is 11.5 Å². The number of imidazole rings is 1. The Morgan fingerprint density at radius 2 is 2.25 bits per heavy atom. The fourth-order valence-electron chi connectivity index (χ4n) is 3.87. The van der Waals surface area contributed by atoms with Crippen molar-refractivity contribution in [3.8, 4) is 23.2 Å². The number of piperidine rings is 1. The van der Waals surface area contributed by atoms with Crippen LogP contribution in [-0.4, -0.2) is 51.4 Å². The number of nitriles is 1. The molecule has 168 valence electrons. The van der Waals surface area contributed by atoms with E-state index in [9.17, 15) is 14.8 Å². The predicted molar refractivity (Wildman–Crippen MR) is 117 cm³/mol. The normalized spacial score (nSPS) is 16.7. The summed E-state index contributed by atoms with van der Waals surface area (Å²) in [6.45, 7) is 5.70. The molecule has 4 heterocycles. The monoisotopic (exact) mass is 439 g/mol. The number of hydrogen-bond acceptors (Lipinski definition) is 8. The number of rotatable bonds is 6. The zero-order valence-corrected chi connectivity index (χ0v) is 18.3. The Hall–Kier alpha value is -3.29. The largest absolute Gasteiger partial charge is 0.495 e. The second-order valence-electron chi connectivity index (χ2n) is 8.45. The van der Waals surface area contributed by atoms with Crippen LogP contribution in [0, 0.1) is 23.1 Å². The SMILES string of the molecule is COc1cc2ncc(-c3nc(NC[C@@H]4CCCNC4)c(C#N)cc3F)n2nc1C(C)(C)O. The average Bonchev–Trinajstić information content (AvgIpc) is 3.20. The third-order valence-electron chi connectivity index (χ3n) is 5.55. The van der Waals surface area contributed by atoms with E-state index in [4.69, 9.17) is 4.74 Å². The van der Waals surface area contributed by atoms with E-state index < -0.39 is 11.4 Å². The third-order valence-corrected chi connectivity index (χ3v) is 5.55. The van der Waals surface area contributed by atoms with Crippen molar-refractivity contribution in [1.82, 2.24) is 24.9 Å². The number of aromatic nitrogens is 4. The van der Waals surface area contributed by atoms with Crippen LogP contribution in [0.3, 0.4) is 0 Å². The van der Waals surface area contributed by atoms with Gasteiger partial charge in [-0.2, -0.15) is 10.4 Å². The van der Waals surface area contributed by atoms with Crippen LogP contribution in [-0.2, 0) is 5.60 Å². The molecule has 9 nitrogen and oxygen atoms in total. The van der Waals surface area contributed by atoms with Gasteiger partial charge in [0.2, 0.25) is 0 Å². The summed E-state index contributed by atoms with van der Waals surface area (Å²) in [5, 5.41) is 31.0. The molecule has 0 aliphatic carbocycles. The van der Waals surface area contributed by atoms with Crippen LogP contribution in [0.25, 0.3) is 17.0 Å². The van der Waals surface area contributed by atoms with Crippen molar-refractivity contribution in [2.75, 3.05) is 32.1 Å². The number of methoxy groups -OCH3 is 1. The minimum absolute atomic E-state index is 0.0140. The minimum atomic E-state index is -1.29. The van der Waals surface area contributed by atoms with Gasteiger partial charge >= 0.3 is 0 Å². The van der Waals surface area contributed by atoms with Crippen molar-refractivity contribution in [1.29, 1.82) is 5.26 Å². The van der Waals surface area contributed by atoms with E-state index in [1.165, 1.54) is 23.9 Å². The molecular weight excluding hydrogens is 413 g/mol. The molecule has 4 rings (SSSR count). The van der Waals surface area contributed by atoms with Gasteiger partial charge in [-0.05, 0) is 51.8 Å². The third kappa shape index (κ3) is 4.22. The fourth-order valence-corrected chi connectivity index (χ4v) is 3.87. The van der Waals surface area contributed by atoms with Gasteiger partial charge in [0.05, 0.1) is 18.9 Å². The first kappa shape index (κ1) is 21.9. The van der Waals surface area contributed by atoms with Crippen molar-refractivity contribution in [3.05, 3.63) is 35.4 Å². The molecule has 1 saturated heterocycles. The summed E-state index contributed by atoms with van der Waals surface area (Å²) in [4.78, 5) is 8.73. The lowest BCUT2D eigenvalue weighted by atomic mass is 10.00. The maximum Gasteiger partial charge on any atom is 0.157 e. The first-order chi connectivity index (χ1) is 15.3. The molecule has 0 spiro atoms. The Balaban J connectivity index is 1.76. The summed E-state index contributed by atoms with van der Waals surface area (Å²) in [7, 11) is 1.48. The molecule has 0 amide bonds. The highest BCUT2D eigenvalue weighted by Crippen LogP contribution is 2.31. The zero-order valence-electron chi connectivity index (χ0n) is 18.3. The number of nitrogens with zero attached hydrogens (tertiary/aromatic N) is 5. The molecule has 3 aromatic rings. The van der Waals surface area contributed by atoms with E-state index >= 15 is 0 Å². The van der Waals surface area contributed by atoms with E-state index in [1.54, 1.807) is 19.9 Å². The molecule has 0 unspecified atom stereocenters. The highest BCUT2D eigenvalue weighted by Gasteiger charge is 2.26. The van der Waals surface area contributed by atoms with Gasteiger partial charge in [0, 0.05) is 12.6 Å². The van der Waals surface area contributed by atoms with Crippen LogP contribution < -0.4 is 15.4 Å². The second-order valence-corrected chi connectivity index (χ2v) is 8.45. The van der Waals surface area contributed by atoms with Crippen molar-refractivity contribution in [2.24, 2.45) is 5.92 Å². The molecule has 3 aromatic heterocycles. The second kappa shape index (κ2) is 8.68. The van der Waals surface area contributed by atoms with Crippen LogP contribution in [0.15, 0.2) is 18.3 Å². The maximum atomic E-state index is 15.0. The predicted octanol–water partition coefficient (Wildman–Crippen LogP) is 2.45. The van der Waals surface area contributed by atoms with Crippen molar-refractivity contribution in [2.45, 2.75) is 32.3 Å². The number of halogens is 1. The Labute approximate surface area is 185 Å². The van der Waals surface area contributed by atoms with E-state index in [1.807, 2.05) is 6.07 Å². The molecule has 1 aliphatic rings. The van der Waals surface area contributed by atoms with E-state index in [2.05, 4.69) is 25.7 Å². The number of aliphatic hydroxyl groups is 1. The lowest BCUT2D eigenvalue weighted by Crippen LogP contribution is -2.33. The van der Waals surface area contributed by atoms with Gasteiger partial charge in [0.15, 0.2) is 11.5 Å². The molecule has 1 fully saturated rings. The van der Waals surface area contributed by atoms with Gasteiger partial charge in [0.1, 0.15) is 40.3 Å². The molecule has 10 heteroatoms. The number of ether oxygens (including phenoxy) is 1. The number of fused-ring (bicyclic) bond motifs is 1. The first-order valence-electron chi connectivity index (χ1n) is 10.5. The Morgan fingerprint density at radius 1 is 1.44 bits per heavy atom. The highest BCUT2D eigenvalue weighted by molar-refractivity contribution is 5.66. The molecule has 3 N–H and O–H groups in total. The Kier molecular flexibility index (Phi) is 5.95. The summed E-state index contributed by atoms with van der Waals surface area (Å²) in [5.41, 5.74) is -0.145. The van der Waals surface area contributed by atoms with Crippen LogP contribution >= 0.6 is 0 Å². The zero-order chi connectivity index (χ0) is 22.9. The summed E-state index contributed by atoms with van der Waals surface area (Å²) in [6.07, 6.45) is 3.64. The fraction of sp³-hybridized carbons (Fsp3) is 0.455. The number of pyridine rings is 1. The number of nitrogens with one attached hydrogen (secondary N) is 2. The van der Waals surface area contributed by atoms with E-state index in [-0.39, 0.29) is 17.0 Å². The van der Waals surface area contributed by atoms with Crippen LogP contribution in [0.4, 0.5) is 10.2 Å². The van der Waals surface area contributed by atoms with Crippen LogP contribution in [0.5, 0.6) is 5.75 Å². The summed E-state index contributed by atoms with van der Waals surface area (Å²) in [5.74, 6) is 0.444. The molecular formula is C22H26FN7O2. The van der Waals surface area contributed by atoms with E-state index in [0.717, 1.165) is 25.9 Å². The first-order valence-corrected chi connectivity index (χ1v) is 10.5. The van der Waals surface area contributed by atoms with E-state index in [0.29, 0.717) is 35.4 Å².